The highest BCUT2D eigenvalue weighted by atomic mass is 16.5. The number of hydrogen-bond donors (Lipinski definition) is 1. The number of rotatable bonds is 6. The summed E-state index contributed by atoms with van der Waals surface area (Å²) in [4.78, 5) is 0. The fourth-order valence-corrected chi connectivity index (χ4v) is 2.55. The van der Waals surface area contributed by atoms with Gasteiger partial charge in [-0.15, -0.1) is 0 Å². The minimum Gasteiger partial charge on any atom is -0.381 e. The lowest BCUT2D eigenvalue weighted by Crippen LogP contribution is -2.36. The molecule has 0 radical (unpaired) electrons. The van der Waals surface area contributed by atoms with Crippen LogP contribution in [0.1, 0.15) is 30.9 Å². The van der Waals surface area contributed by atoms with Crippen LogP contribution in [-0.4, -0.2) is 26.9 Å². The van der Waals surface area contributed by atoms with E-state index >= 15 is 0 Å². The molecule has 2 rings (SSSR count). The zero-order chi connectivity index (χ0) is 13.6. The van der Waals surface area contributed by atoms with Gasteiger partial charge in [0.25, 0.3) is 0 Å². The van der Waals surface area contributed by atoms with E-state index in [1.807, 2.05) is 0 Å². The molecule has 0 amide bonds. The molecule has 1 heterocycles. The number of hydrogen-bond acceptors (Lipinski definition) is 3. The van der Waals surface area contributed by atoms with Gasteiger partial charge in [0.2, 0.25) is 0 Å². The third kappa shape index (κ3) is 4.60. The molecule has 0 bridgehead atoms. The van der Waals surface area contributed by atoms with E-state index in [1.54, 1.807) is 7.11 Å². The van der Waals surface area contributed by atoms with Crippen molar-refractivity contribution in [3.63, 3.8) is 0 Å². The first-order valence-corrected chi connectivity index (χ1v) is 7.07. The average molecular weight is 263 g/mol. The molecule has 0 aromatic heterocycles. The van der Waals surface area contributed by atoms with Crippen LogP contribution in [0.25, 0.3) is 0 Å². The van der Waals surface area contributed by atoms with Crippen LogP contribution < -0.4 is 5.32 Å². The Morgan fingerprint density at radius 2 is 2.00 bits per heavy atom. The molecular formula is C16H25NO2. The maximum atomic E-state index is 5.43. The lowest BCUT2D eigenvalue weighted by molar-refractivity contribution is 0.0240. The van der Waals surface area contributed by atoms with E-state index in [0.717, 1.165) is 39.1 Å². The summed E-state index contributed by atoms with van der Waals surface area (Å²) < 4.78 is 10.6. The van der Waals surface area contributed by atoms with Crippen molar-refractivity contribution in [2.75, 3.05) is 26.9 Å². The van der Waals surface area contributed by atoms with Gasteiger partial charge in [-0.3, -0.25) is 0 Å². The van der Waals surface area contributed by atoms with Crippen LogP contribution >= 0.6 is 0 Å². The molecule has 3 nitrogen and oxygen atoms in total. The van der Waals surface area contributed by atoms with Gasteiger partial charge in [-0.25, -0.2) is 0 Å². The second-order valence-corrected chi connectivity index (χ2v) is 5.78. The summed E-state index contributed by atoms with van der Waals surface area (Å²) >= 11 is 0. The monoisotopic (exact) mass is 263 g/mol. The highest BCUT2D eigenvalue weighted by molar-refractivity contribution is 5.22. The van der Waals surface area contributed by atoms with Gasteiger partial charge in [-0.2, -0.15) is 0 Å². The van der Waals surface area contributed by atoms with Gasteiger partial charge in [0.05, 0.1) is 6.61 Å². The molecule has 3 heteroatoms. The third-order valence-corrected chi connectivity index (χ3v) is 3.88. The molecule has 0 saturated carbocycles. The fourth-order valence-electron chi connectivity index (χ4n) is 2.55. The van der Waals surface area contributed by atoms with E-state index in [0.29, 0.717) is 12.0 Å². The standard InChI is InChI=1S/C16H25NO2/c1-16(6-8-19-9-7-16)13-17-11-14-4-3-5-15(10-14)12-18-2/h3-5,10,17H,6-9,11-13H2,1-2H3. The summed E-state index contributed by atoms with van der Waals surface area (Å²) in [5.41, 5.74) is 2.95. The first-order chi connectivity index (χ1) is 9.22. The first-order valence-electron chi connectivity index (χ1n) is 7.07. The first kappa shape index (κ1) is 14.5. The maximum absolute atomic E-state index is 5.43. The SMILES string of the molecule is COCc1cccc(CNCC2(C)CCOCC2)c1. The Hall–Kier alpha value is -0.900. The van der Waals surface area contributed by atoms with Crippen LogP contribution in [0.3, 0.4) is 0 Å². The normalized spacial score (nSPS) is 18.4. The Morgan fingerprint density at radius 3 is 2.74 bits per heavy atom. The molecule has 106 valence electrons. The molecule has 1 aliphatic rings. The quantitative estimate of drug-likeness (QED) is 0.856. The van der Waals surface area contributed by atoms with Gasteiger partial charge in [0.1, 0.15) is 0 Å². The molecule has 1 saturated heterocycles. The third-order valence-electron chi connectivity index (χ3n) is 3.88. The Morgan fingerprint density at radius 1 is 1.26 bits per heavy atom. The van der Waals surface area contributed by atoms with E-state index in [-0.39, 0.29) is 0 Å². The number of ether oxygens (including phenoxy) is 2. The smallest absolute Gasteiger partial charge is 0.0713 e. The van der Waals surface area contributed by atoms with Crippen molar-refractivity contribution in [3.8, 4) is 0 Å². The van der Waals surface area contributed by atoms with Crippen LogP contribution in [0.15, 0.2) is 24.3 Å². The minimum atomic E-state index is 0.391. The zero-order valence-electron chi connectivity index (χ0n) is 12.1. The highest BCUT2D eigenvalue weighted by Crippen LogP contribution is 2.28. The number of nitrogens with one attached hydrogen (secondary N) is 1. The molecule has 0 aliphatic carbocycles. The van der Waals surface area contributed by atoms with Gasteiger partial charge in [0, 0.05) is 33.4 Å². The average Bonchev–Trinajstić information content (AvgIpc) is 2.40. The van der Waals surface area contributed by atoms with Crippen LogP contribution in [0.5, 0.6) is 0 Å². The summed E-state index contributed by atoms with van der Waals surface area (Å²) in [6, 6.07) is 8.58. The molecule has 1 N–H and O–H groups in total. The maximum Gasteiger partial charge on any atom is 0.0713 e. The molecule has 0 spiro atoms. The van der Waals surface area contributed by atoms with Crippen molar-refractivity contribution in [1.82, 2.24) is 5.32 Å². The van der Waals surface area contributed by atoms with E-state index in [1.165, 1.54) is 11.1 Å². The second-order valence-electron chi connectivity index (χ2n) is 5.78. The summed E-state index contributed by atoms with van der Waals surface area (Å²) in [6.07, 6.45) is 2.31. The molecule has 1 fully saturated rings. The summed E-state index contributed by atoms with van der Waals surface area (Å²) in [6.45, 7) is 6.83. The lowest BCUT2D eigenvalue weighted by Gasteiger charge is -2.33. The Bertz CT molecular complexity index is 386. The zero-order valence-corrected chi connectivity index (χ0v) is 12.1. The van der Waals surface area contributed by atoms with Crippen molar-refractivity contribution in [2.45, 2.75) is 32.9 Å². The highest BCUT2D eigenvalue weighted by Gasteiger charge is 2.26. The van der Waals surface area contributed by atoms with Crippen LogP contribution in [0.4, 0.5) is 0 Å². The van der Waals surface area contributed by atoms with Gasteiger partial charge < -0.3 is 14.8 Å². The van der Waals surface area contributed by atoms with Crippen LogP contribution in [-0.2, 0) is 22.6 Å². The molecule has 1 aromatic rings. The Labute approximate surface area is 116 Å². The van der Waals surface area contributed by atoms with Crippen molar-refractivity contribution >= 4 is 0 Å². The molecule has 1 aliphatic heterocycles. The van der Waals surface area contributed by atoms with Gasteiger partial charge >= 0.3 is 0 Å². The minimum absolute atomic E-state index is 0.391. The molecule has 19 heavy (non-hydrogen) atoms. The fraction of sp³-hybridized carbons (Fsp3) is 0.625. The van der Waals surface area contributed by atoms with E-state index < -0.39 is 0 Å². The Kier molecular flexibility index (Phi) is 5.37. The lowest BCUT2D eigenvalue weighted by atomic mass is 9.82. The van der Waals surface area contributed by atoms with Crippen molar-refractivity contribution in [2.24, 2.45) is 5.41 Å². The van der Waals surface area contributed by atoms with E-state index in [4.69, 9.17) is 9.47 Å². The van der Waals surface area contributed by atoms with Crippen molar-refractivity contribution in [3.05, 3.63) is 35.4 Å². The van der Waals surface area contributed by atoms with Crippen LogP contribution in [0.2, 0.25) is 0 Å². The number of benzene rings is 1. The van der Waals surface area contributed by atoms with Crippen molar-refractivity contribution in [1.29, 1.82) is 0 Å². The van der Waals surface area contributed by atoms with Gasteiger partial charge in [0.15, 0.2) is 0 Å². The van der Waals surface area contributed by atoms with E-state index in [2.05, 4.69) is 36.5 Å². The van der Waals surface area contributed by atoms with Crippen LogP contribution in [0, 0.1) is 5.41 Å². The number of methoxy groups -OCH3 is 1. The topological polar surface area (TPSA) is 30.5 Å². The molecule has 0 unspecified atom stereocenters. The van der Waals surface area contributed by atoms with Gasteiger partial charge in [-0.05, 0) is 29.4 Å². The predicted molar refractivity (Wildman–Crippen MR) is 77.0 cm³/mol. The second kappa shape index (κ2) is 7.04. The molecule has 0 atom stereocenters. The van der Waals surface area contributed by atoms with Gasteiger partial charge in [-0.1, -0.05) is 31.2 Å². The Balaban J connectivity index is 1.80. The molecular weight excluding hydrogens is 238 g/mol. The predicted octanol–water partition coefficient (Wildman–Crippen LogP) is 2.74. The molecule has 1 aromatic carbocycles. The summed E-state index contributed by atoms with van der Waals surface area (Å²) in [7, 11) is 1.73. The summed E-state index contributed by atoms with van der Waals surface area (Å²) in [5, 5.41) is 3.58. The summed E-state index contributed by atoms with van der Waals surface area (Å²) in [5.74, 6) is 0. The van der Waals surface area contributed by atoms with Crippen molar-refractivity contribution < 1.29 is 9.47 Å². The van der Waals surface area contributed by atoms with E-state index in [9.17, 15) is 0 Å². The largest absolute Gasteiger partial charge is 0.381 e.